The monoisotopic (exact) mass is 404 g/mol. The molecular formula is C20H32N6O3. The van der Waals surface area contributed by atoms with Gasteiger partial charge in [0.05, 0.1) is 19.4 Å². The molecule has 9 heteroatoms. The summed E-state index contributed by atoms with van der Waals surface area (Å²) in [5.74, 6) is -0.0565. The van der Waals surface area contributed by atoms with Crippen LogP contribution in [-0.4, -0.2) is 120 Å². The van der Waals surface area contributed by atoms with E-state index in [0.29, 0.717) is 25.2 Å². The van der Waals surface area contributed by atoms with Crippen LogP contribution in [0, 0.1) is 0 Å². The van der Waals surface area contributed by atoms with Crippen LogP contribution in [0.15, 0.2) is 18.6 Å². The van der Waals surface area contributed by atoms with E-state index in [1.807, 2.05) is 4.90 Å². The lowest BCUT2D eigenvalue weighted by atomic mass is 10.2. The highest BCUT2D eigenvalue weighted by Crippen LogP contribution is 2.07. The van der Waals surface area contributed by atoms with E-state index < -0.39 is 0 Å². The lowest BCUT2D eigenvalue weighted by Gasteiger charge is -2.34. The van der Waals surface area contributed by atoms with Gasteiger partial charge >= 0.3 is 0 Å². The molecule has 2 fully saturated rings. The third-order valence-corrected chi connectivity index (χ3v) is 5.63. The number of morpholine rings is 1. The highest BCUT2D eigenvalue weighted by Gasteiger charge is 2.23. The zero-order valence-corrected chi connectivity index (χ0v) is 17.3. The summed E-state index contributed by atoms with van der Waals surface area (Å²) in [5.41, 5.74) is 0.318. The number of ether oxygens (including phenoxy) is 1. The molecule has 0 atom stereocenters. The zero-order valence-electron chi connectivity index (χ0n) is 17.3. The van der Waals surface area contributed by atoms with Crippen molar-refractivity contribution in [1.82, 2.24) is 29.6 Å². The lowest BCUT2D eigenvalue weighted by Crippen LogP contribution is -2.49. The van der Waals surface area contributed by atoms with Crippen LogP contribution in [0.3, 0.4) is 0 Å². The van der Waals surface area contributed by atoms with Crippen LogP contribution in [0.4, 0.5) is 0 Å². The predicted octanol–water partition coefficient (Wildman–Crippen LogP) is -0.195. The predicted molar refractivity (Wildman–Crippen MR) is 109 cm³/mol. The number of likely N-dealkylation sites (N-methyl/N-ethyl adjacent to an activating group) is 1. The Bertz CT molecular complexity index is 645. The van der Waals surface area contributed by atoms with Crippen LogP contribution >= 0.6 is 0 Å². The fourth-order valence-corrected chi connectivity index (χ4v) is 3.68. The van der Waals surface area contributed by atoms with E-state index in [4.69, 9.17) is 4.74 Å². The van der Waals surface area contributed by atoms with E-state index in [0.717, 1.165) is 65.6 Å². The van der Waals surface area contributed by atoms with Crippen molar-refractivity contribution in [2.45, 2.75) is 13.3 Å². The molecule has 0 aromatic carbocycles. The fraction of sp³-hybridized carbons (Fsp3) is 0.700. The van der Waals surface area contributed by atoms with E-state index >= 15 is 0 Å². The van der Waals surface area contributed by atoms with Gasteiger partial charge in [-0.15, -0.1) is 0 Å². The van der Waals surface area contributed by atoms with Gasteiger partial charge in [-0.3, -0.25) is 19.5 Å². The molecule has 160 valence electrons. The van der Waals surface area contributed by atoms with E-state index in [2.05, 4.69) is 26.7 Å². The number of nitrogens with zero attached hydrogens (tertiary/aromatic N) is 6. The van der Waals surface area contributed by atoms with Crippen LogP contribution in [-0.2, 0) is 9.53 Å². The molecule has 1 aromatic rings. The zero-order chi connectivity index (χ0) is 20.5. The number of hydrogen-bond acceptors (Lipinski definition) is 7. The van der Waals surface area contributed by atoms with Crippen molar-refractivity contribution in [2.75, 3.05) is 78.7 Å². The number of rotatable bonds is 8. The smallest absolute Gasteiger partial charge is 0.274 e. The van der Waals surface area contributed by atoms with Crippen molar-refractivity contribution in [1.29, 1.82) is 0 Å². The molecule has 29 heavy (non-hydrogen) atoms. The van der Waals surface area contributed by atoms with Crippen molar-refractivity contribution in [2.24, 2.45) is 0 Å². The molecular weight excluding hydrogens is 372 g/mol. The molecule has 0 spiro atoms. The first kappa shape index (κ1) is 21.6. The number of hydrogen-bond donors (Lipinski definition) is 0. The van der Waals surface area contributed by atoms with E-state index in [1.165, 1.54) is 12.4 Å². The Hall–Kier alpha value is -2.10. The van der Waals surface area contributed by atoms with E-state index in [9.17, 15) is 9.59 Å². The Kier molecular flexibility index (Phi) is 8.33. The maximum absolute atomic E-state index is 12.9. The van der Waals surface area contributed by atoms with Gasteiger partial charge < -0.3 is 19.4 Å². The van der Waals surface area contributed by atoms with Gasteiger partial charge in [0.2, 0.25) is 5.91 Å². The molecule has 3 rings (SSSR count). The van der Waals surface area contributed by atoms with Gasteiger partial charge in [-0.05, 0) is 6.54 Å². The van der Waals surface area contributed by atoms with Crippen LogP contribution in [0.1, 0.15) is 23.8 Å². The van der Waals surface area contributed by atoms with Crippen molar-refractivity contribution in [3.63, 3.8) is 0 Å². The average Bonchev–Trinajstić information content (AvgIpc) is 2.80. The lowest BCUT2D eigenvalue weighted by molar-refractivity contribution is -0.133. The van der Waals surface area contributed by atoms with Gasteiger partial charge in [-0.25, -0.2) is 4.98 Å². The van der Waals surface area contributed by atoms with Gasteiger partial charge in [0.15, 0.2) is 0 Å². The Morgan fingerprint density at radius 2 is 1.79 bits per heavy atom. The first-order valence-corrected chi connectivity index (χ1v) is 10.5. The molecule has 2 saturated heterocycles. The minimum absolute atomic E-state index is 0.115. The van der Waals surface area contributed by atoms with Crippen molar-refractivity contribution < 1.29 is 14.3 Å². The molecule has 2 amide bonds. The second kappa shape index (κ2) is 11.2. The molecule has 3 heterocycles. The molecule has 0 saturated carbocycles. The fourth-order valence-electron chi connectivity index (χ4n) is 3.68. The Balaban J connectivity index is 1.55. The number of aromatic nitrogens is 2. The third kappa shape index (κ3) is 6.45. The number of carbonyl (C=O) groups excluding carboxylic acids is 2. The normalized spacial score (nSPS) is 18.6. The molecule has 2 aliphatic heterocycles. The molecule has 0 N–H and O–H groups in total. The van der Waals surface area contributed by atoms with Crippen LogP contribution < -0.4 is 0 Å². The second-order valence-electron chi connectivity index (χ2n) is 7.40. The number of amides is 2. The second-order valence-corrected chi connectivity index (χ2v) is 7.40. The maximum atomic E-state index is 12.9. The average molecular weight is 405 g/mol. The summed E-state index contributed by atoms with van der Waals surface area (Å²) in [6.07, 6.45) is 4.89. The van der Waals surface area contributed by atoms with Crippen molar-refractivity contribution in [3.05, 3.63) is 24.3 Å². The number of carbonyl (C=O) groups is 2. The maximum Gasteiger partial charge on any atom is 0.274 e. The highest BCUT2D eigenvalue weighted by molar-refractivity contribution is 5.92. The standard InChI is InChI=1S/C20H32N6O3/c1-2-23-7-10-25(11-8-23)19(27)3-6-26(12-9-24-13-15-29-16-14-24)20(28)18-17-21-4-5-22-18/h4-5,17H,2-3,6-16H2,1H3. The summed E-state index contributed by atoms with van der Waals surface area (Å²) in [7, 11) is 0. The van der Waals surface area contributed by atoms with Gasteiger partial charge in [-0.1, -0.05) is 6.92 Å². The summed E-state index contributed by atoms with van der Waals surface area (Å²) < 4.78 is 5.39. The first-order valence-electron chi connectivity index (χ1n) is 10.5. The summed E-state index contributed by atoms with van der Waals surface area (Å²) >= 11 is 0. The summed E-state index contributed by atoms with van der Waals surface area (Å²) in [4.78, 5) is 42.0. The molecule has 2 aliphatic rings. The topological polar surface area (TPSA) is 82.1 Å². The molecule has 0 radical (unpaired) electrons. The van der Waals surface area contributed by atoms with Gasteiger partial charge in [0.1, 0.15) is 5.69 Å². The highest BCUT2D eigenvalue weighted by atomic mass is 16.5. The Morgan fingerprint density at radius 1 is 1.03 bits per heavy atom. The molecule has 0 bridgehead atoms. The van der Waals surface area contributed by atoms with Crippen LogP contribution in [0.2, 0.25) is 0 Å². The quantitative estimate of drug-likeness (QED) is 0.594. The first-order chi connectivity index (χ1) is 14.2. The molecule has 9 nitrogen and oxygen atoms in total. The number of piperazine rings is 1. The molecule has 0 aliphatic carbocycles. The Morgan fingerprint density at radius 3 is 2.45 bits per heavy atom. The van der Waals surface area contributed by atoms with Crippen LogP contribution in [0.25, 0.3) is 0 Å². The minimum atomic E-state index is -0.171. The van der Waals surface area contributed by atoms with Crippen molar-refractivity contribution >= 4 is 11.8 Å². The molecule has 0 unspecified atom stereocenters. The van der Waals surface area contributed by atoms with Gasteiger partial charge in [0, 0.05) is 77.7 Å². The van der Waals surface area contributed by atoms with E-state index in [1.54, 1.807) is 11.1 Å². The third-order valence-electron chi connectivity index (χ3n) is 5.63. The van der Waals surface area contributed by atoms with E-state index in [-0.39, 0.29) is 11.8 Å². The minimum Gasteiger partial charge on any atom is -0.379 e. The molecule has 1 aromatic heterocycles. The Labute approximate surface area is 172 Å². The van der Waals surface area contributed by atoms with Crippen molar-refractivity contribution in [3.8, 4) is 0 Å². The SMILES string of the molecule is CCN1CCN(C(=O)CCN(CCN2CCOCC2)C(=O)c2cnccn2)CC1. The van der Waals surface area contributed by atoms with Gasteiger partial charge in [0.25, 0.3) is 5.91 Å². The summed E-state index contributed by atoms with van der Waals surface area (Å²) in [6.45, 7) is 11.4. The largest absolute Gasteiger partial charge is 0.379 e. The summed E-state index contributed by atoms with van der Waals surface area (Å²) in [5, 5.41) is 0. The summed E-state index contributed by atoms with van der Waals surface area (Å²) in [6, 6.07) is 0. The van der Waals surface area contributed by atoms with Crippen LogP contribution in [0.5, 0.6) is 0 Å². The van der Waals surface area contributed by atoms with Gasteiger partial charge in [-0.2, -0.15) is 0 Å².